The van der Waals surface area contributed by atoms with Crippen molar-refractivity contribution in [2.75, 3.05) is 5.32 Å². The molecule has 132 valence electrons. The van der Waals surface area contributed by atoms with E-state index in [1.807, 2.05) is 23.9 Å². The quantitative estimate of drug-likeness (QED) is 0.498. The van der Waals surface area contributed by atoms with Gasteiger partial charge in [0.15, 0.2) is 5.13 Å². The SMILES string of the molecule is Cc1nc(NCc2ccc(F)cc2)sc1-c1ccn(Cc2ccsc2)n1. The van der Waals surface area contributed by atoms with Gasteiger partial charge in [-0.1, -0.05) is 23.5 Å². The molecule has 4 nitrogen and oxygen atoms in total. The van der Waals surface area contributed by atoms with Crippen LogP contribution in [-0.4, -0.2) is 14.8 Å². The molecule has 0 spiro atoms. The van der Waals surface area contributed by atoms with Crippen molar-refractivity contribution in [3.8, 4) is 10.6 Å². The normalized spacial score (nSPS) is 11.0. The second-order valence-electron chi connectivity index (χ2n) is 5.94. The minimum Gasteiger partial charge on any atom is -0.357 e. The highest BCUT2D eigenvalue weighted by Gasteiger charge is 2.12. The van der Waals surface area contributed by atoms with Crippen LogP contribution < -0.4 is 5.32 Å². The maximum absolute atomic E-state index is 13.0. The van der Waals surface area contributed by atoms with Crippen molar-refractivity contribution in [1.29, 1.82) is 0 Å². The van der Waals surface area contributed by atoms with Gasteiger partial charge in [0, 0.05) is 12.7 Å². The Hall–Kier alpha value is -2.51. The zero-order chi connectivity index (χ0) is 17.9. The zero-order valence-electron chi connectivity index (χ0n) is 14.1. The van der Waals surface area contributed by atoms with Crippen LogP contribution in [0.1, 0.15) is 16.8 Å². The highest BCUT2D eigenvalue weighted by Crippen LogP contribution is 2.31. The molecule has 1 aromatic carbocycles. The van der Waals surface area contributed by atoms with Crippen LogP contribution in [0.4, 0.5) is 9.52 Å². The summed E-state index contributed by atoms with van der Waals surface area (Å²) >= 11 is 3.28. The molecule has 0 radical (unpaired) electrons. The van der Waals surface area contributed by atoms with E-state index in [0.717, 1.165) is 33.5 Å². The van der Waals surface area contributed by atoms with Gasteiger partial charge in [-0.15, -0.1) is 0 Å². The second-order valence-corrected chi connectivity index (χ2v) is 7.72. The Morgan fingerprint density at radius 3 is 2.73 bits per heavy atom. The molecular formula is C19H17FN4S2. The molecule has 26 heavy (non-hydrogen) atoms. The van der Waals surface area contributed by atoms with E-state index >= 15 is 0 Å². The highest BCUT2D eigenvalue weighted by atomic mass is 32.1. The molecule has 0 atom stereocenters. The van der Waals surface area contributed by atoms with Crippen LogP contribution in [0.3, 0.4) is 0 Å². The van der Waals surface area contributed by atoms with Crippen molar-refractivity contribution in [3.05, 3.63) is 76.0 Å². The average molecular weight is 385 g/mol. The Balaban J connectivity index is 1.46. The van der Waals surface area contributed by atoms with Crippen molar-refractivity contribution in [1.82, 2.24) is 14.8 Å². The summed E-state index contributed by atoms with van der Waals surface area (Å²) in [7, 11) is 0. The molecule has 0 aliphatic heterocycles. The number of halogens is 1. The number of aryl methyl sites for hydroxylation is 1. The molecule has 0 fully saturated rings. The van der Waals surface area contributed by atoms with Gasteiger partial charge in [0.1, 0.15) is 11.5 Å². The smallest absolute Gasteiger partial charge is 0.183 e. The molecule has 4 aromatic rings. The van der Waals surface area contributed by atoms with Crippen LogP contribution >= 0.6 is 22.7 Å². The Morgan fingerprint density at radius 2 is 1.96 bits per heavy atom. The molecule has 0 amide bonds. The van der Waals surface area contributed by atoms with Crippen LogP contribution in [0.2, 0.25) is 0 Å². The number of hydrogen-bond acceptors (Lipinski definition) is 5. The summed E-state index contributed by atoms with van der Waals surface area (Å²) in [5, 5.41) is 13.0. The minimum atomic E-state index is -0.223. The van der Waals surface area contributed by atoms with E-state index in [2.05, 4.69) is 32.2 Å². The van der Waals surface area contributed by atoms with Gasteiger partial charge in [0.2, 0.25) is 0 Å². The number of hydrogen-bond donors (Lipinski definition) is 1. The minimum absolute atomic E-state index is 0.223. The van der Waals surface area contributed by atoms with Crippen LogP contribution in [0.5, 0.6) is 0 Å². The van der Waals surface area contributed by atoms with Crippen LogP contribution in [0, 0.1) is 12.7 Å². The van der Waals surface area contributed by atoms with E-state index in [1.165, 1.54) is 17.7 Å². The first-order chi connectivity index (χ1) is 12.7. The number of anilines is 1. The van der Waals surface area contributed by atoms with Crippen LogP contribution in [0.15, 0.2) is 53.4 Å². The highest BCUT2D eigenvalue weighted by molar-refractivity contribution is 7.19. The fraction of sp³-hybridized carbons (Fsp3) is 0.158. The topological polar surface area (TPSA) is 42.7 Å². The van der Waals surface area contributed by atoms with Crippen molar-refractivity contribution in [2.24, 2.45) is 0 Å². The number of benzene rings is 1. The number of thiazole rings is 1. The Labute approximate surface area is 159 Å². The summed E-state index contributed by atoms with van der Waals surface area (Å²) in [5.74, 6) is -0.223. The van der Waals surface area contributed by atoms with E-state index in [-0.39, 0.29) is 5.82 Å². The number of aromatic nitrogens is 3. The summed E-state index contributed by atoms with van der Waals surface area (Å²) in [4.78, 5) is 5.66. The molecule has 0 aliphatic carbocycles. The standard InChI is InChI=1S/C19H17FN4S2/c1-13-18(17-6-8-24(23-17)11-15-7-9-25-12-15)26-19(22-13)21-10-14-2-4-16(20)5-3-14/h2-9,12H,10-11H2,1H3,(H,21,22). The molecule has 3 aromatic heterocycles. The monoisotopic (exact) mass is 384 g/mol. The van der Waals surface area contributed by atoms with Gasteiger partial charge in [-0.3, -0.25) is 4.68 Å². The molecule has 0 saturated carbocycles. The van der Waals surface area contributed by atoms with Gasteiger partial charge in [0.05, 0.1) is 17.1 Å². The van der Waals surface area contributed by atoms with Crippen molar-refractivity contribution >= 4 is 27.8 Å². The summed E-state index contributed by atoms with van der Waals surface area (Å²) < 4.78 is 14.9. The molecule has 7 heteroatoms. The fourth-order valence-corrected chi connectivity index (χ4v) is 4.22. The third kappa shape index (κ3) is 3.84. The largest absolute Gasteiger partial charge is 0.357 e. The summed E-state index contributed by atoms with van der Waals surface area (Å²) in [6.07, 6.45) is 2.00. The third-order valence-corrected chi connectivity index (χ3v) is 5.82. The zero-order valence-corrected chi connectivity index (χ0v) is 15.8. The molecule has 1 N–H and O–H groups in total. The maximum atomic E-state index is 13.0. The molecule has 3 heterocycles. The van der Waals surface area contributed by atoms with E-state index in [0.29, 0.717) is 6.54 Å². The number of nitrogens with zero attached hydrogens (tertiary/aromatic N) is 3. The molecule has 0 saturated heterocycles. The number of rotatable bonds is 6. The van der Waals surface area contributed by atoms with Gasteiger partial charge in [0.25, 0.3) is 0 Å². The lowest BCUT2D eigenvalue weighted by molar-refractivity contribution is 0.627. The first-order valence-corrected chi connectivity index (χ1v) is 9.94. The van der Waals surface area contributed by atoms with E-state index in [9.17, 15) is 4.39 Å². The van der Waals surface area contributed by atoms with Gasteiger partial charge in [-0.2, -0.15) is 16.4 Å². The van der Waals surface area contributed by atoms with E-state index in [4.69, 9.17) is 0 Å². The summed E-state index contributed by atoms with van der Waals surface area (Å²) in [6.45, 7) is 3.38. The Bertz CT molecular complexity index is 987. The number of nitrogens with one attached hydrogen (secondary N) is 1. The summed E-state index contributed by atoms with van der Waals surface area (Å²) in [6, 6.07) is 10.6. The van der Waals surface area contributed by atoms with Gasteiger partial charge >= 0.3 is 0 Å². The van der Waals surface area contributed by atoms with Crippen molar-refractivity contribution < 1.29 is 4.39 Å². The fourth-order valence-electron chi connectivity index (χ4n) is 2.63. The van der Waals surface area contributed by atoms with Crippen molar-refractivity contribution in [2.45, 2.75) is 20.0 Å². The lowest BCUT2D eigenvalue weighted by Gasteiger charge is -2.02. The Morgan fingerprint density at radius 1 is 1.12 bits per heavy atom. The predicted octanol–water partition coefficient (Wildman–Crippen LogP) is 5.18. The molecule has 0 unspecified atom stereocenters. The van der Waals surface area contributed by atoms with Crippen LogP contribution in [-0.2, 0) is 13.1 Å². The second kappa shape index (κ2) is 7.39. The van der Waals surface area contributed by atoms with E-state index < -0.39 is 0 Å². The lowest BCUT2D eigenvalue weighted by atomic mass is 10.2. The lowest BCUT2D eigenvalue weighted by Crippen LogP contribution is -1.98. The first-order valence-electron chi connectivity index (χ1n) is 8.18. The molecule has 0 aliphatic rings. The van der Waals surface area contributed by atoms with E-state index in [1.54, 1.807) is 34.8 Å². The third-order valence-electron chi connectivity index (χ3n) is 3.95. The molecule has 0 bridgehead atoms. The summed E-state index contributed by atoms with van der Waals surface area (Å²) in [5.41, 5.74) is 4.16. The maximum Gasteiger partial charge on any atom is 0.183 e. The van der Waals surface area contributed by atoms with Gasteiger partial charge in [-0.25, -0.2) is 9.37 Å². The van der Waals surface area contributed by atoms with Gasteiger partial charge in [-0.05, 0) is 53.1 Å². The molecular weight excluding hydrogens is 367 g/mol. The predicted molar refractivity (Wildman–Crippen MR) is 105 cm³/mol. The number of thiophene rings is 1. The molecule has 4 rings (SSSR count). The average Bonchev–Trinajstić information content (AvgIpc) is 3.36. The first kappa shape index (κ1) is 16.9. The Kier molecular flexibility index (Phi) is 4.81. The van der Waals surface area contributed by atoms with Crippen molar-refractivity contribution in [3.63, 3.8) is 0 Å². The van der Waals surface area contributed by atoms with Gasteiger partial charge < -0.3 is 5.32 Å². The van der Waals surface area contributed by atoms with Crippen LogP contribution in [0.25, 0.3) is 10.6 Å².